The first-order valence-electron chi connectivity index (χ1n) is 5.95. The van der Waals surface area contributed by atoms with Crippen LogP contribution in [-0.4, -0.2) is 65.1 Å². The fraction of sp³-hybridized carbons (Fsp3) is 0.500. The van der Waals surface area contributed by atoms with E-state index in [1.165, 1.54) is 0 Å². The third-order valence-corrected chi connectivity index (χ3v) is 3.52. The number of carbonyl (C=O) groups excluding carboxylic acids is 1. The number of halogens is 1. The molecule has 1 fully saturated rings. The normalized spacial score (nSPS) is 16.9. The Morgan fingerprint density at radius 1 is 1.33 bits per heavy atom. The van der Waals surface area contributed by atoms with E-state index in [2.05, 4.69) is 25.8 Å². The predicted molar refractivity (Wildman–Crippen MR) is 71.4 cm³/mol. The maximum Gasteiger partial charge on any atom is 0.255 e. The quantitative estimate of drug-likeness (QED) is 0.830. The lowest BCUT2D eigenvalue weighted by molar-refractivity contribution is 0.0614. The molecular formula is C12H16BrN3O2. The van der Waals surface area contributed by atoms with Gasteiger partial charge in [-0.05, 0) is 28.1 Å². The highest BCUT2D eigenvalue weighted by Crippen LogP contribution is 2.10. The third kappa shape index (κ3) is 3.28. The second kappa shape index (κ2) is 6.26. The summed E-state index contributed by atoms with van der Waals surface area (Å²) in [7, 11) is 0. The second-order valence-electron chi connectivity index (χ2n) is 4.23. The molecule has 1 N–H and O–H groups in total. The number of hydrogen-bond donors (Lipinski definition) is 1. The Labute approximate surface area is 115 Å². The molecule has 0 aromatic carbocycles. The Morgan fingerprint density at radius 2 is 2.06 bits per heavy atom. The van der Waals surface area contributed by atoms with Gasteiger partial charge in [-0.3, -0.25) is 9.69 Å². The van der Waals surface area contributed by atoms with Gasteiger partial charge in [0.25, 0.3) is 5.91 Å². The number of hydrogen-bond acceptors (Lipinski definition) is 4. The molecule has 18 heavy (non-hydrogen) atoms. The van der Waals surface area contributed by atoms with E-state index in [-0.39, 0.29) is 12.5 Å². The van der Waals surface area contributed by atoms with Crippen LogP contribution >= 0.6 is 15.9 Å². The number of aliphatic hydroxyl groups is 1. The van der Waals surface area contributed by atoms with Crippen molar-refractivity contribution in [2.75, 3.05) is 39.3 Å². The molecule has 6 heteroatoms. The van der Waals surface area contributed by atoms with E-state index in [9.17, 15) is 4.79 Å². The SMILES string of the molecule is O=C(c1ccc(Br)nc1)N1CCN(CCO)CC1. The monoisotopic (exact) mass is 313 g/mol. The summed E-state index contributed by atoms with van der Waals surface area (Å²) in [6.45, 7) is 3.89. The first kappa shape index (κ1) is 13.5. The minimum Gasteiger partial charge on any atom is -0.395 e. The molecule has 98 valence electrons. The van der Waals surface area contributed by atoms with Gasteiger partial charge >= 0.3 is 0 Å². The van der Waals surface area contributed by atoms with Crippen molar-refractivity contribution in [3.05, 3.63) is 28.5 Å². The molecule has 0 atom stereocenters. The molecule has 1 aromatic rings. The van der Waals surface area contributed by atoms with Crippen molar-refractivity contribution in [2.45, 2.75) is 0 Å². The highest BCUT2D eigenvalue weighted by molar-refractivity contribution is 9.10. The molecular weight excluding hydrogens is 298 g/mol. The maximum atomic E-state index is 12.2. The summed E-state index contributed by atoms with van der Waals surface area (Å²) in [6, 6.07) is 3.55. The minimum atomic E-state index is 0.0265. The first-order valence-corrected chi connectivity index (χ1v) is 6.74. The molecule has 0 spiro atoms. The summed E-state index contributed by atoms with van der Waals surface area (Å²) in [5.74, 6) is 0.0265. The summed E-state index contributed by atoms with van der Waals surface area (Å²) in [4.78, 5) is 20.2. The fourth-order valence-electron chi connectivity index (χ4n) is 2.00. The number of piperazine rings is 1. The average Bonchev–Trinajstić information content (AvgIpc) is 2.40. The number of carbonyl (C=O) groups is 1. The Kier molecular flexibility index (Phi) is 4.68. The van der Waals surface area contributed by atoms with Crippen LogP contribution in [0.4, 0.5) is 0 Å². The first-order chi connectivity index (χ1) is 8.70. The van der Waals surface area contributed by atoms with Gasteiger partial charge in [0.05, 0.1) is 12.2 Å². The summed E-state index contributed by atoms with van der Waals surface area (Å²) in [5, 5.41) is 8.86. The third-order valence-electron chi connectivity index (χ3n) is 3.05. The zero-order valence-electron chi connectivity index (χ0n) is 10.0. The van der Waals surface area contributed by atoms with Gasteiger partial charge < -0.3 is 10.0 Å². The number of β-amino-alcohol motifs (C(OH)–C–C–N with tert-alkyl or cyclic N) is 1. The van der Waals surface area contributed by atoms with Gasteiger partial charge in [-0.25, -0.2) is 4.98 Å². The number of pyridine rings is 1. The highest BCUT2D eigenvalue weighted by atomic mass is 79.9. The minimum absolute atomic E-state index is 0.0265. The van der Waals surface area contributed by atoms with E-state index in [0.29, 0.717) is 25.2 Å². The van der Waals surface area contributed by atoms with Gasteiger partial charge in [0.1, 0.15) is 4.60 Å². The summed E-state index contributed by atoms with van der Waals surface area (Å²) in [6.07, 6.45) is 1.59. The number of aliphatic hydroxyl groups excluding tert-OH is 1. The zero-order chi connectivity index (χ0) is 13.0. The average molecular weight is 314 g/mol. The molecule has 0 radical (unpaired) electrons. The number of amides is 1. The van der Waals surface area contributed by atoms with Crippen molar-refractivity contribution >= 4 is 21.8 Å². The highest BCUT2D eigenvalue weighted by Gasteiger charge is 2.21. The maximum absolute atomic E-state index is 12.2. The molecule has 1 aliphatic rings. The van der Waals surface area contributed by atoms with E-state index in [1.807, 2.05) is 4.90 Å². The molecule has 1 aromatic heterocycles. The predicted octanol–water partition coefficient (Wildman–Crippen LogP) is 0.594. The largest absolute Gasteiger partial charge is 0.395 e. The van der Waals surface area contributed by atoms with Crippen LogP contribution in [0.5, 0.6) is 0 Å². The van der Waals surface area contributed by atoms with Crippen LogP contribution in [0.15, 0.2) is 22.9 Å². The van der Waals surface area contributed by atoms with E-state index in [4.69, 9.17) is 5.11 Å². The Bertz CT molecular complexity index is 402. The van der Waals surface area contributed by atoms with Gasteiger partial charge in [0, 0.05) is 38.9 Å². The number of nitrogens with zero attached hydrogens (tertiary/aromatic N) is 3. The molecule has 0 aliphatic carbocycles. The molecule has 0 bridgehead atoms. The summed E-state index contributed by atoms with van der Waals surface area (Å²) < 4.78 is 0.729. The van der Waals surface area contributed by atoms with Crippen LogP contribution in [0, 0.1) is 0 Å². The molecule has 1 amide bonds. The molecule has 2 rings (SSSR count). The van der Waals surface area contributed by atoms with Crippen molar-refractivity contribution in [3.8, 4) is 0 Å². The number of rotatable bonds is 3. The van der Waals surface area contributed by atoms with E-state index >= 15 is 0 Å². The van der Waals surface area contributed by atoms with Crippen LogP contribution in [0.25, 0.3) is 0 Å². The lowest BCUT2D eigenvalue weighted by Gasteiger charge is -2.34. The fourth-order valence-corrected chi connectivity index (χ4v) is 2.24. The van der Waals surface area contributed by atoms with Crippen molar-refractivity contribution in [2.24, 2.45) is 0 Å². The van der Waals surface area contributed by atoms with Gasteiger partial charge in [0.15, 0.2) is 0 Å². The van der Waals surface area contributed by atoms with E-state index in [0.717, 1.165) is 17.7 Å². The summed E-state index contributed by atoms with van der Waals surface area (Å²) in [5.41, 5.74) is 0.619. The van der Waals surface area contributed by atoms with Crippen molar-refractivity contribution in [3.63, 3.8) is 0 Å². The smallest absolute Gasteiger partial charge is 0.255 e. The molecule has 5 nitrogen and oxygen atoms in total. The molecule has 0 unspecified atom stereocenters. The summed E-state index contributed by atoms with van der Waals surface area (Å²) >= 11 is 3.25. The number of aromatic nitrogens is 1. The van der Waals surface area contributed by atoms with Crippen LogP contribution in [0.1, 0.15) is 10.4 Å². The van der Waals surface area contributed by atoms with Crippen LogP contribution < -0.4 is 0 Å². The second-order valence-corrected chi connectivity index (χ2v) is 5.04. The zero-order valence-corrected chi connectivity index (χ0v) is 11.6. The lowest BCUT2D eigenvalue weighted by Crippen LogP contribution is -2.49. The molecule has 1 aliphatic heterocycles. The Hall–Kier alpha value is -0.980. The topological polar surface area (TPSA) is 56.7 Å². The molecule has 2 heterocycles. The van der Waals surface area contributed by atoms with Crippen molar-refractivity contribution < 1.29 is 9.90 Å². The van der Waals surface area contributed by atoms with E-state index < -0.39 is 0 Å². The van der Waals surface area contributed by atoms with Gasteiger partial charge in [0.2, 0.25) is 0 Å². The van der Waals surface area contributed by atoms with E-state index in [1.54, 1.807) is 18.3 Å². The van der Waals surface area contributed by atoms with Crippen molar-refractivity contribution in [1.29, 1.82) is 0 Å². The van der Waals surface area contributed by atoms with Gasteiger partial charge in [-0.2, -0.15) is 0 Å². The molecule has 0 saturated carbocycles. The van der Waals surface area contributed by atoms with Crippen LogP contribution in [0.3, 0.4) is 0 Å². The van der Waals surface area contributed by atoms with Crippen LogP contribution in [0.2, 0.25) is 0 Å². The Balaban J connectivity index is 1.93. The lowest BCUT2D eigenvalue weighted by atomic mass is 10.2. The van der Waals surface area contributed by atoms with Gasteiger partial charge in [-0.15, -0.1) is 0 Å². The van der Waals surface area contributed by atoms with Crippen LogP contribution in [-0.2, 0) is 0 Å². The van der Waals surface area contributed by atoms with Gasteiger partial charge in [-0.1, -0.05) is 0 Å². The standard InChI is InChI=1S/C12H16BrN3O2/c13-11-2-1-10(9-14-11)12(18)16-5-3-15(4-6-16)7-8-17/h1-2,9,17H,3-8H2. The molecule has 1 saturated heterocycles. The van der Waals surface area contributed by atoms with Crippen molar-refractivity contribution in [1.82, 2.24) is 14.8 Å². The Morgan fingerprint density at radius 3 is 2.61 bits per heavy atom.